The van der Waals surface area contributed by atoms with Crippen LogP contribution in [0.25, 0.3) is 11.0 Å². The number of H-pyrrole nitrogens is 2. The molecule has 0 saturated carbocycles. The molecule has 1 aromatic heterocycles. The quantitative estimate of drug-likeness (QED) is 0.757. The van der Waals surface area contributed by atoms with Crippen molar-refractivity contribution in [1.29, 1.82) is 0 Å². The predicted octanol–water partition coefficient (Wildman–Crippen LogP) is 0.608. The van der Waals surface area contributed by atoms with E-state index in [1.165, 1.54) is 5.69 Å². The minimum Gasteiger partial charge on any atom is -0.369 e. The molecular weight excluding hydrogens is 216 g/mol. The van der Waals surface area contributed by atoms with Gasteiger partial charge in [-0.15, -0.1) is 0 Å². The first kappa shape index (κ1) is 10.4. The van der Waals surface area contributed by atoms with Gasteiger partial charge in [-0.3, -0.25) is 0 Å². The Morgan fingerprint density at radius 2 is 1.76 bits per heavy atom. The van der Waals surface area contributed by atoms with E-state index in [4.69, 9.17) is 0 Å². The zero-order chi connectivity index (χ0) is 11.8. The van der Waals surface area contributed by atoms with Crippen LogP contribution in [-0.4, -0.2) is 48.1 Å². The Bertz CT molecular complexity index is 577. The number of piperazine rings is 1. The van der Waals surface area contributed by atoms with Crippen molar-refractivity contribution >= 4 is 16.7 Å². The molecule has 3 rings (SSSR count). The largest absolute Gasteiger partial charge is 0.369 e. The van der Waals surface area contributed by atoms with Gasteiger partial charge >= 0.3 is 5.69 Å². The average molecular weight is 232 g/mol. The van der Waals surface area contributed by atoms with Crippen molar-refractivity contribution in [2.24, 2.45) is 0 Å². The van der Waals surface area contributed by atoms with E-state index in [0.29, 0.717) is 0 Å². The number of likely N-dealkylation sites (N-methyl/N-ethyl adjacent to an activating group) is 1. The van der Waals surface area contributed by atoms with Crippen molar-refractivity contribution in [3.8, 4) is 0 Å². The second kappa shape index (κ2) is 3.92. The highest BCUT2D eigenvalue weighted by atomic mass is 16.1. The minimum absolute atomic E-state index is 0.143. The highest BCUT2D eigenvalue weighted by molar-refractivity contribution is 5.79. The Balaban J connectivity index is 1.92. The number of imidazole rings is 1. The number of hydrogen-bond acceptors (Lipinski definition) is 3. The van der Waals surface area contributed by atoms with Gasteiger partial charge in [-0.25, -0.2) is 4.79 Å². The minimum atomic E-state index is -0.143. The summed E-state index contributed by atoms with van der Waals surface area (Å²) in [5.74, 6) is 0. The molecule has 1 aliphatic rings. The van der Waals surface area contributed by atoms with Crippen molar-refractivity contribution < 1.29 is 0 Å². The van der Waals surface area contributed by atoms with E-state index in [2.05, 4.69) is 32.9 Å². The first-order valence-electron chi connectivity index (χ1n) is 5.88. The van der Waals surface area contributed by atoms with Crippen LogP contribution in [0.2, 0.25) is 0 Å². The van der Waals surface area contributed by atoms with E-state index in [1.807, 2.05) is 12.1 Å². The molecule has 2 N–H and O–H groups in total. The highest BCUT2D eigenvalue weighted by Crippen LogP contribution is 2.20. The summed E-state index contributed by atoms with van der Waals surface area (Å²) in [5, 5.41) is 0. The lowest BCUT2D eigenvalue weighted by Crippen LogP contribution is -2.44. The Labute approximate surface area is 99.0 Å². The highest BCUT2D eigenvalue weighted by Gasteiger charge is 2.14. The van der Waals surface area contributed by atoms with Gasteiger partial charge in [0.1, 0.15) is 0 Å². The second-order valence-electron chi connectivity index (χ2n) is 4.60. The van der Waals surface area contributed by atoms with Crippen LogP contribution in [0.3, 0.4) is 0 Å². The Hall–Kier alpha value is -1.75. The van der Waals surface area contributed by atoms with Gasteiger partial charge < -0.3 is 19.8 Å². The molecule has 0 bridgehead atoms. The van der Waals surface area contributed by atoms with Crippen molar-refractivity contribution in [3.63, 3.8) is 0 Å². The lowest BCUT2D eigenvalue weighted by molar-refractivity contribution is 0.313. The maximum atomic E-state index is 11.2. The molecule has 0 spiro atoms. The number of nitrogens with one attached hydrogen (secondary N) is 2. The molecule has 1 aromatic carbocycles. The maximum Gasteiger partial charge on any atom is 0.323 e. The van der Waals surface area contributed by atoms with E-state index in [0.717, 1.165) is 37.2 Å². The van der Waals surface area contributed by atoms with Gasteiger partial charge in [0, 0.05) is 31.9 Å². The Morgan fingerprint density at radius 3 is 2.53 bits per heavy atom. The van der Waals surface area contributed by atoms with Gasteiger partial charge in [-0.05, 0) is 25.2 Å². The van der Waals surface area contributed by atoms with Gasteiger partial charge in [-0.2, -0.15) is 0 Å². The number of aromatic nitrogens is 2. The number of aromatic amines is 2. The summed E-state index contributed by atoms with van der Waals surface area (Å²) in [6.07, 6.45) is 0. The lowest BCUT2D eigenvalue weighted by Gasteiger charge is -2.34. The first-order valence-corrected chi connectivity index (χ1v) is 5.88. The summed E-state index contributed by atoms with van der Waals surface area (Å²) in [4.78, 5) is 21.4. The molecule has 1 fully saturated rings. The van der Waals surface area contributed by atoms with Gasteiger partial charge in [-0.1, -0.05) is 0 Å². The van der Waals surface area contributed by atoms with Crippen LogP contribution in [0.4, 0.5) is 5.69 Å². The van der Waals surface area contributed by atoms with E-state index in [1.54, 1.807) is 0 Å². The molecule has 2 heterocycles. The predicted molar refractivity (Wildman–Crippen MR) is 68.6 cm³/mol. The fraction of sp³-hybridized carbons (Fsp3) is 0.417. The normalized spacial score (nSPS) is 17.8. The summed E-state index contributed by atoms with van der Waals surface area (Å²) in [6.45, 7) is 4.25. The molecule has 0 atom stereocenters. The fourth-order valence-corrected chi connectivity index (χ4v) is 2.28. The monoisotopic (exact) mass is 232 g/mol. The molecule has 1 saturated heterocycles. The van der Waals surface area contributed by atoms with Crippen LogP contribution in [0, 0.1) is 0 Å². The summed E-state index contributed by atoms with van der Waals surface area (Å²) >= 11 is 0. The number of benzene rings is 1. The van der Waals surface area contributed by atoms with Gasteiger partial charge in [0.15, 0.2) is 0 Å². The Kier molecular flexibility index (Phi) is 2.40. The third kappa shape index (κ3) is 1.93. The lowest BCUT2D eigenvalue weighted by atomic mass is 10.2. The summed E-state index contributed by atoms with van der Waals surface area (Å²) in [7, 11) is 2.14. The molecule has 5 nitrogen and oxygen atoms in total. The van der Waals surface area contributed by atoms with E-state index in [9.17, 15) is 4.79 Å². The maximum absolute atomic E-state index is 11.2. The smallest absolute Gasteiger partial charge is 0.323 e. The molecule has 90 valence electrons. The van der Waals surface area contributed by atoms with Crippen LogP contribution >= 0.6 is 0 Å². The molecule has 5 heteroatoms. The average Bonchev–Trinajstić information content (AvgIpc) is 2.69. The number of hydrogen-bond donors (Lipinski definition) is 2. The molecule has 0 unspecified atom stereocenters. The van der Waals surface area contributed by atoms with Crippen LogP contribution in [0.5, 0.6) is 0 Å². The van der Waals surface area contributed by atoms with Crippen molar-refractivity contribution in [3.05, 3.63) is 28.7 Å². The zero-order valence-electron chi connectivity index (χ0n) is 9.86. The van der Waals surface area contributed by atoms with Gasteiger partial charge in [0.2, 0.25) is 0 Å². The Morgan fingerprint density at radius 1 is 1.06 bits per heavy atom. The summed E-state index contributed by atoms with van der Waals surface area (Å²) in [6, 6.07) is 6.07. The molecular formula is C12H16N4O. The fourth-order valence-electron chi connectivity index (χ4n) is 2.28. The number of fused-ring (bicyclic) bond motifs is 1. The molecule has 0 amide bonds. The van der Waals surface area contributed by atoms with Crippen LogP contribution in [0.15, 0.2) is 23.0 Å². The summed E-state index contributed by atoms with van der Waals surface area (Å²) < 4.78 is 0. The molecule has 0 radical (unpaired) electrons. The van der Waals surface area contributed by atoms with Crippen LogP contribution in [0.1, 0.15) is 0 Å². The van der Waals surface area contributed by atoms with Gasteiger partial charge in [0.25, 0.3) is 0 Å². The number of rotatable bonds is 1. The number of anilines is 1. The molecule has 17 heavy (non-hydrogen) atoms. The van der Waals surface area contributed by atoms with Crippen molar-refractivity contribution in [1.82, 2.24) is 14.9 Å². The zero-order valence-corrected chi connectivity index (χ0v) is 9.86. The SMILES string of the molecule is CN1CCN(c2ccc3[nH]c(=O)[nH]c3c2)CC1. The molecule has 0 aliphatic carbocycles. The molecule has 2 aromatic rings. The van der Waals surface area contributed by atoms with E-state index >= 15 is 0 Å². The first-order chi connectivity index (χ1) is 8.22. The molecule has 1 aliphatic heterocycles. The summed E-state index contributed by atoms with van der Waals surface area (Å²) in [5.41, 5.74) is 2.79. The standard InChI is InChI=1S/C12H16N4O/c1-15-4-6-16(7-5-15)9-2-3-10-11(8-9)14-12(17)13-10/h2-3,8H,4-7H2,1H3,(H2,13,14,17). The van der Waals surface area contributed by atoms with Crippen molar-refractivity contribution in [2.45, 2.75) is 0 Å². The van der Waals surface area contributed by atoms with Gasteiger partial charge in [0.05, 0.1) is 11.0 Å². The van der Waals surface area contributed by atoms with Crippen LogP contribution < -0.4 is 10.6 Å². The number of nitrogens with zero attached hydrogens (tertiary/aromatic N) is 2. The van der Waals surface area contributed by atoms with E-state index < -0.39 is 0 Å². The second-order valence-corrected chi connectivity index (χ2v) is 4.60. The third-order valence-electron chi connectivity index (χ3n) is 3.37. The van der Waals surface area contributed by atoms with Crippen LogP contribution in [-0.2, 0) is 0 Å². The van der Waals surface area contributed by atoms with E-state index in [-0.39, 0.29) is 5.69 Å². The topological polar surface area (TPSA) is 55.1 Å². The van der Waals surface area contributed by atoms with Crippen molar-refractivity contribution in [2.75, 3.05) is 38.1 Å². The third-order valence-corrected chi connectivity index (χ3v) is 3.37.